The molecule has 6 heteroatoms. The highest BCUT2D eigenvalue weighted by Crippen LogP contribution is 2.66. The maximum absolute atomic E-state index is 13.8. The number of allylic oxidation sites excluding steroid dienone is 1. The molecule has 0 heterocycles. The monoisotopic (exact) mass is 743 g/mol. The number of nitrogens with two attached hydrogens (primary N) is 2. The summed E-state index contributed by atoms with van der Waals surface area (Å²) in [5, 5.41) is 3.59. The lowest BCUT2D eigenvalue weighted by atomic mass is 9.47. The average Bonchev–Trinajstić information content (AvgIpc) is 3.50. The van der Waals surface area contributed by atoms with Crippen LogP contribution in [0.2, 0.25) is 0 Å². The van der Waals surface area contributed by atoms with Gasteiger partial charge in [0.2, 0.25) is 0 Å². The van der Waals surface area contributed by atoms with Crippen LogP contribution in [0.15, 0.2) is 11.6 Å². The molecule has 3 saturated carbocycles. The Morgan fingerprint density at radius 2 is 1.55 bits per heavy atom. The first kappa shape index (κ1) is 46.3. The van der Waals surface area contributed by atoms with E-state index in [0.717, 1.165) is 120 Å². The van der Waals surface area contributed by atoms with E-state index in [1.165, 1.54) is 57.8 Å². The number of hydrogen-bond acceptors (Lipinski definition) is 5. The predicted octanol–water partition coefficient (Wildman–Crippen LogP) is 11.8. The number of carbonyl (C=O) groups excluding carboxylic acids is 1. The molecule has 0 saturated heterocycles. The summed E-state index contributed by atoms with van der Waals surface area (Å²) in [5.41, 5.74) is 15.3. The van der Waals surface area contributed by atoms with Crippen molar-refractivity contribution < 1.29 is 9.53 Å². The van der Waals surface area contributed by atoms with E-state index in [-0.39, 0.29) is 28.7 Å². The van der Waals surface area contributed by atoms with Gasteiger partial charge in [-0.3, -0.25) is 0 Å². The second-order valence-corrected chi connectivity index (χ2v) is 19.1. The van der Waals surface area contributed by atoms with Crippen LogP contribution in [0.25, 0.3) is 0 Å². The number of rotatable bonds is 21. The molecular weight excluding hydrogens is 653 g/mol. The Hall–Kier alpha value is -1.11. The van der Waals surface area contributed by atoms with Crippen molar-refractivity contribution >= 4 is 6.09 Å². The van der Waals surface area contributed by atoms with E-state index in [4.69, 9.17) is 16.2 Å². The molecule has 6 nitrogen and oxygen atoms in total. The molecule has 4 rings (SSSR count). The Morgan fingerprint density at radius 1 is 0.868 bits per heavy atom. The van der Waals surface area contributed by atoms with E-state index in [9.17, 15) is 4.79 Å². The second kappa shape index (κ2) is 21.4. The maximum atomic E-state index is 13.8. The van der Waals surface area contributed by atoms with E-state index in [1.807, 2.05) is 18.7 Å². The fourth-order valence-corrected chi connectivity index (χ4v) is 11.3. The Kier molecular flexibility index (Phi) is 18.7. The molecule has 0 aromatic heterocycles. The predicted molar refractivity (Wildman–Crippen MR) is 228 cm³/mol. The van der Waals surface area contributed by atoms with Gasteiger partial charge in [0, 0.05) is 30.6 Å². The van der Waals surface area contributed by atoms with Gasteiger partial charge in [-0.25, -0.2) is 4.79 Å². The van der Waals surface area contributed by atoms with E-state index in [1.54, 1.807) is 5.57 Å². The number of ether oxygens (including phenoxy) is 1. The molecule has 7 atom stereocenters. The molecule has 0 radical (unpaired) electrons. The van der Waals surface area contributed by atoms with Crippen LogP contribution in [0.4, 0.5) is 4.79 Å². The summed E-state index contributed by atoms with van der Waals surface area (Å²) in [5.74, 6) is 4.29. The van der Waals surface area contributed by atoms with Crippen molar-refractivity contribution in [2.24, 2.45) is 51.9 Å². The quantitative estimate of drug-likeness (QED) is 0.0804. The summed E-state index contributed by atoms with van der Waals surface area (Å²) < 4.78 is 6.41. The third kappa shape index (κ3) is 12.0. The van der Waals surface area contributed by atoms with Gasteiger partial charge < -0.3 is 26.4 Å². The third-order valence-corrected chi connectivity index (χ3v) is 15.9. The van der Waals surface area contributed by atoms with Crippen LogP contribution in [-0.4, -0.2) is 54.4 Å². The molecule has 53 heavy (non-hydrogen) atoms. The standard InChI is InChI=1S/C45H84N4O2.C2H6/c1-9-44(46,10-2)27-30-48-29-15-16-31-49(32-28-45(47,11-3)12-4)41(50)51-37-23-25-43(8)36(33-37)19-21-38-39-22-20-35(18-14-13-17-34(5)6)42(39,7)26-24-40(38)43;1-2/h19,34-35,37-40,48H,9-18,20-33,46-47H2,1-8H3;1-2H3. The van der Waals surface area contributed by atoms with Crippen molar-refractivity contribution in [3.63, 3.8) is 0 Å². The third-order valence-electron chi connectivity index (χ3n) is 15.9. The summed E-state index contributed by atoms with van der Waals surface area (Å²) in [6.45, 7) is 26.0. The van der Waals surface area contributed by atoms with E-state index in [2.05, 4.69) is 66.8 Å². The second-order valence-electron chi connectivity index (χ2n) is 19.1. The van der Waals surface area contributed by atoms with Gasteiger partial charge in [-0.2, -0.15) is 0 Å². The fourth-order valence-electron chi connectivity index (χ4n) is 11.3. The average molecular weight is 743 g/mol. The first-order valence-electron chi connectivity index (χ1n) is 23.2. The lowest BCUT2D eigenvalue weighted by molar-refractivity contribution is -0.0534. The molecule has 3 fully saturated rings. The Bertz CT molecular complexity index is 1100. The number of unbranched alkanes of at least 4 members (excludes halogenated alkanes) is 2. The van der Waals surface area contributed by atoms with Gasteiger partial charge >= 0.3 is 6.09 Å². The van der Waals surface area contributed by atoms with Gasteiger partial charge in [0.25, 0.3) is 0 Å². The van der Waals surface area contributed by atoms with E-state index >= 15 is 0 Å². The molecule has 5 N–H and O–H groups in total. The van der Waals surface area contributed by atoms with Crippen LogP contribution >= 0.6 is 0 Å². The van der Waals surface area contributed by atoms with E-state index in [0.29, 0.717) is 12.0 Å². The summed E-state index contributed by atoms with van der Waals surface area (Å²) in [4.78, 5) is 15.8. The zero-order valence-electron chi connectivity index (χ0n) is 36.9. The fraction of sp³-hybridized carbons (Fsp3) is 0.936. The first-order chi connectivity index (χ1) is 25.3. The van der Waals surface area contributed by atoms with Crippen molar-refractivity contribution in [1.29, 1.82) is 0 Å². The van der Waals surface area contributed by atoms with Crippen molar-refractivity contribution in [2.75, 3.05) is 26.2 Å². The van der Waals surface area contributed by atoms with Crippen LogP contribution in [0.3, 0.4) is 0 Å². The number of nitrogens with one attached hydrogen (secondary N) is 1. The molecular formula is C47H90N4O2. The molecule has 0 bridgehead atoms. The zero-order valence-corrected chi connectivity index (χ0v) is 36.9. The molecule has 7 unspecified atom stereocenters. The number of hydrogen-bond donors (Lipinski definition) is 3. The highest BCUT2D eigenvalue weighted by Gasteiger charge is 2.58. The van der Waals surface area contributed by atoms with Crippen LogP contribution in [-0.2, 0) is 4.74 Å². The highest BCUT2D eigenvalue weighted by atomic mass is 16.6. The normalized spacial score (nSPS) is 29.8. The number of fused-ring (bicyclic) bond motifs is 5. The van der Waals surface area contributed by atoms with Gasteiger partial charge in [-0.1, -0.05) is 100 Å². The van der Waals surface area contributed by atoms with Gasteiger partial charge in [0.1, 0.15) is 6.10 Å². The molecule has 310 valence electrons. The van der Waals surface area contributed by atoms with Gasteiger partial charge in [-0.15, -0.1) is 0 Å². The summed E-state index contributed by atoms with van der Waals surface area (Å²) in [6.07, 6.45) is 25.9. The zero-order chi connectivity index (χ0) is 39.3. The van der Waals surface area contributed by atoms with Crippen LogP contribution in [0, 0.1) is 40.4 Å². The number of amides is 1. The van der Waals surface area contributed by atoms with Crippen LogP contribution in [0.1, 0.15) is 198 Å². The van der Waals surface area contributed by atoms with E-state index < -0.39 is 0 Å². The van der Waals surface area contributed by atoms with Crippen LogP contribution in [0.5, 0.6) is 0 Å². The first-order valence-corrected chi connectivity index (χ1v) is 23.2. The van der Waals surface area contributed by atoms with Crippen molar-refractivity contribution in [1.82, 2.24) is 10.2 Å². The lowest BCUT2D eigenvalue weighted by Gasteiger charge is -2.58. The smallest absolute Gasteiger partial charge is 0.410 e. The Morgan fingerprint density at radius 3 is 2.21 bits per heavy atom. The van der Waals surface area contributed by atoms with Crippen molar-refractivity contribution in [3.05, 3.63) is 11.6 Å². The minimum Gasteiger partial charge on any atom is -0.446 e. The number of nitrogens with zero attached hydrogens (tertiary/aromatic N) is 1. The highest BCUT2D eigenvalue weighted by molar-refractivity contribution is 5.68. The molecule has 4 aliphatic rings. The maximum Gasteiger partial charge on any atom is 0.410 e. The van der Waals surface area contributed by atoms with Gasteiger partial charge in [-0.05, 0) is 156 Å². The van der Waals surface area contributed by atoms with Crippen molar-refractivity contribution in [3.8, 4) is 0 Å². The Labute approximate surface area is 329 Å². The minimum atomic E-state index is -0.230. The minimum absolute atomic E-state index is 0.0123. The Balaban J connectivity index is 0.00000372. The number of carbonyl (C=O) groups is 1. The lowest BCUT2D eigenvalue weighted by Crippen LogP contribution is -2.51. The van der Waals surface area contributed by atoms with Gasteiger partial charge in [0.15, 0.2) is 0 Å². The molecule has 0 aromatic rings. The molecule has 1 amide bonds. The molecule has 4 aliphatic carbocycles. The summed E-state index contributed by atoms with van der Waals surface area (Å²) >= 11 is 0. The van der Waals surface area contributed by atoms with Crippen molar-refractivity contribution in [2.45, 2.75) is 215 Å². The summed E-state index contributed by atoms with van der Waals surface area (Å²) in [6, 6.07) is 0. The largest absolute Gasteiger partial charge is 0.446 e. The molecule has 0 aromatic carbocycles. The van der Waals surface area contributed by atoms with Gasteiger partial charge in [0.05, 0.1) is 0 Å². The molecule has 0 spiro atoms. The van der Waals surface area contributed by atoms with Crippen LogP contribution < -0.4 is 16.8 Å². The SMILES string of the molecule is CC.CCC(N)(CC)CCNCCCCN(CCC(N)(CC)CC)C(=O)OC1CCC2(C)C(=CCC3C2CCC2(C)C(CCCCC(C)C)CCC32)C1. The topological polar surface area (TPSA) is 93.6 Å². The summed E-state index contributed by atoms with van der Waals surface area (Å²) in [7, 11) is 0. The molecule has 0 aliphatic heterocycles.